The van der Waals surface area contributed by atoms with Crippen LogP contribution in [0.15, 0.2) is 0 Å². The topological polar surface area (TPSA) is 9.23 Å². The van der Waals surface area contributed by atoms with E-state index in [4.69, 9.17) is 4.74 Å². The van der Waals surface area contributed by atoms with Crippen LogP contribution in [0, 0.1) is 0 Å². The Balaban J connectivity index is 1.73. The molecule has 2 unspecified atom stereocenters. The predicted octanol–water partition coefficient (Wildman–Crippen LogP) is 4.95. The molecular formula is C14H26OS4. The van der Waals surface area contributed by atoms with Gasteiger partial charge >= 0.3 is 0 Å². The molecule has 2 atom stereocenters. The first-order valence-electron chi connectivity index (χ1n) is 7.43. The highest BCUT2D eigenvalue weighted by atomic mass is 32.2. The van der Waals surface area contributed by atoms with Crippen LogP contribution in [0.2, 0.25) is 0 Å². The van der Waals surface area contributed by atoms with E-state index in [1.54, 1.807) is 0 Å². The van der Waals surface area contributed by atoms with Crippen LogP contribution >= 0.6 is 47.0 Å². The minimum atomic E-state index is 0.476. The second-order valence-corrected chi connectivity index (χ2v) is 10.8. The summed E-state index contributed by atoms with van der Waals surface area (Å²) in [6.07, 6.45) is 5.77. The minimum Gasteiger partial charge on any atom is -0.375 e. The summed E-state index contributed by atoms with van der Waals surface area (Å²) < 4.78 is 8.00. The van der Waals surface area contributed by atoms with Gasteiger partial charge in [-0.1, -0.05) is 13.8 Å². The third kappa shape index (κ3) is 5.93. The first-order valence-corrected chi connectivity index (χ1v) is 11.6. The fourth-order valence-electron chi connectivity index (χ4n) is 2.42. The van der Waals surface area contributed by atoms with E-state index in [1.807, 2.05) is 0 Å². The number of thioether (sulfide) groups is 4. The van der Waals surface area contributed by atoms with Crippen molar-refractivity contribution in [2.45, 2.75) is 60.9 Å². The Kier molecular flexibility index (Phi) is 8.27. The first kappa shape index (κ1) is 16.7. The molecule has 0 amide bonds. The molecule has 2 aliphatic heterocycles. The van der Waals surface area contributed by atoms with Crippen molar-refractivity contribution in [1.82, 2.24) is 0 Å². The van der Waals surface area contributed by atoms with Crippen LogP contribution in [-0.4, -0.2) is 44.4 Å². The minimum absolute atomic E-state index is 0.476. The Morgan fingerprint density at radius 3 is 1.47 bits per heavy atom. The van der Waals surface area contributed by atoms with E-state index >= 15 is 0 Å². The van der Waals surface area contributed by atoms with Crippen LogP contribution in [0.5, 0.6) is 0 Å². The Labute approximate surface area is 135 Å². The van der Waals surface area contributed by atoms with Crippen LogP contribution in [0.1, 0.15) is 39.5 Å². The highest BCUT2D eigenvalue weighted by Gasteiger charge is 2.25. The maximum absolute atomic E-state index is 6.42. The summed E-state index contributed by atoms with van der Waals surface area (Å²) >= 11 is 8.51. The van der Waals surface area contributed by atoms with Gasteiger partial charge in [0.2, 0.25) is 0 Å². The molecule has 2 saturated heterocycles. The van der Waals surface area contributed by atoms with E-state index in [0.717, 1.165) is 9.16 Å². The predicted molar refractivity (Wildman–Crippen MR) is 95.9 cm³/mol. The highest BCUT2D eigenvalue weighted by Crippen LogP contribution is 2.38. The van der Waals surface area contributed by atoms with Crippen LogP contribution in [-0.2, 0) is 4.74 Å². The van der Waals surface area contributed by atoms with Gasteiger partial charge in [0.25, 0.3) is 0 Å². The Bertz CT molecular complexity index is 216. The number of ether oxygens (including phenoxy) is 1. The molecule has 0 aromatic carbocycles. The molecule has 1 nitrogen and oxygen atoms in total. The van der Waals surface area contributed by atoms with Gasteiger partial charge in [-0.05, 0) is 25.7 Å². The lowest BCUT2D eigenvalue weighted by Crippen LogP contribution is -2.25. The molecule has 2 aliphatic rings. The Hall–Kier alpha value is 1.36. The highest BCUT2D eigenvalue weighted by molar-refractivity contribution is 8.20. The fraction of sp³-hybridized carbons (Fsp3) is 1.00. The van der Waals surface area contributed by atoms with Gasteiger partial charge in [-0.25, -0.2) is 0 Å². The van der Waals surface area contributed by atoms with Crippen molar-refractivity contribution in [3.8, 4) is 0 Å². The van der Waals surface area contributed by atoms with E-state index in [1.165, 1.54) is 48.7 Å². The summed E-state index contributed by atoms with van der Waals surface area (Å²) in [7, 11) is 0. The average Bonchev–Trinajstić information content (AvgIpc) is 3.10. The summed E-state index contributed by atoms with van der Waals surface area (Å²) in [5.74, 6) is 5.33. The summed E-state index contributed by atoms with van der Waals surface area (Å²) in [6.45, 7) is 4.56. The standard InChI is InChI=1S/C14H26OS4/c1-3-11(9-13-16-5-6-17-13)15-12(4-2)10-14-18-7-8-19-14/h11-14H,3-10H2,1-2H3. The van der Waals surface area contributed by atoms with E-state index < -0.39 is 0 Å². The van der Waals surface area contributed by atoms with E-state index in [-0.39, 0.29) is 0 Å². The lowest BCUT2D eigenvalue weighted by atomic mass is 10.1. The lowest BCUT2D eigenvalue weighted by molar-refractivity contribution is -0.0193. The van der Waals surface area contributed by atoms with Crippen molar-refractivity contribution in [1.29, 1.82) is 0 Å². The maximum atomic E-state index is 6.42. The van der Waals surface area contributed by atoms with Crippen molar-refractivity contribution in [2.75, 3.05) is 23.0 Å². The zero-order valence-corrected chi connectivity index (χ0v) is 15.3. The molecule has 0 aliphatic carbocycles. The molecule has 2 rings (SSSR count). The summed E-state index contributed by atoms with van der Waals surface area (Å²) in [4.78, 5) is 0. The lowest BCUT2D eigenvalue weighted by Gasteiger charge is -2.26. The van der Waals surface area contributed by atoms with E-state index in [2.05, 4.69) is 60.9 Å². The fourth-order valence-corrected chi connectivity index (χ4v) is 8.34. The molecule has 2 fully saturated rings. The van der Waals surface area contributed by atoms with Gasteiger partial charge in [0.05, 0.1) is 21.4 Å². The Morgan fingerprint density at radius 2 is 1.16 bits per heavy atom. The van der Waals surface area contributed by atoms with E-state index in [9.17, 15) is 0 Å². The van der Waals surface area contributed by atoms with Crippen molar-refractivity contribution < 1.29 is 4.74 Å². The quantitative estimate of drug-likeness (QED) is 0.617. The molecule has 0 bridgehead atoms. The largest absolute Gasteiger partial charge is 0.375 e. The van der Waals surface area contributed by atoms with Gasteiger partial charge in [-0.15, -0.1) is 47.0 Å². The van der Waals surface area contributed by atoms with Crippen LogP contribution in [0.4, 0.5) is 0 Å². The Morgan fingerprint density at radius 1 is 0.789 bits per heavy atom. The zero-order chi connectivity index (χ0) is 13.5. The molecule has 19 heavy (non-hydrogen) atoms. The molecule has 112 valence electrons. The molecule has 2 heterocycles. The van der Waals surface area contributed by atoms with Crippen molar-refractivity contribution >= 4 is 47.0 Å². The molecular weight excluding hydrogens is 312 g/mol. The van der Waals surface area contributed by atoms with Gasteiger partial charge in [-0.2, -0.15) is 0 Å². The number of rotatable bonds is 8. The second-order valence-electron chi connectivity index (χ2n) is 5.01. The SMILES string of the molecule is CCC(CC1SCCS1)OC(CC)CC1SCCS1. The smallest absolute Gasteiger partial charge is 0.0594 e. The number of hydrogen-bond acceptors (Lipinski definition) is 5. The van der Waals surface area contributed by atoms with Crippen LogP contribution in [0.3, 0.4) is 0 Å². The van der Waals surface area contributed by atoms with Gasteiger partial charge in [-0.3, -0.25) is 0 Å². The molecule has 5 heteroatoms. The van der Waals surface area contributed by atoms with Gasteiger partial charge in [0.15, 0.2) is 0 Å². The summed E-state index contributed by atoms with van der Waals surface area (Å²) in [5, 5.41) is 0. The first-order chi connectivity index (χ1) is 9.31. The van der Waals surface area contributed by atoms with Gasteiger partial charge < -0.3 is 4.74 Å². The maximum Gasteiger partial charge on any atom is 0.0594 e. The van der Waals surface area contributed by atoms with Crippen molar-refractivity contribution in [3.05, 3.63) is 0 Å². The monoisotopic (exact) mass is 338 g/mol. The molecule has 0 spiro atoms. The zero-order valence-electron chi connectivity index (χ0n) is 12.0. The molecule has 0 saturated carbocycles. The summed E-state index contributed by atoms with van der Waals surface area (Å²) in [5.41, 5.74) is 0. The third-order valence-electron chi connectivity index (χ3n) is 3.59. The second kappa shape index (κ2) is 9.39. The summed E-state index contributed by atoms with van der Waals surface area (Å²) in [6, 6.07) is 0. The van der Waals surface area contributed by atoms with Gasteiger partial charge in [0.1, 0.15) is 0 Å². The van der Waals surface area contributed by atoms with Crippen LogP contribution < -0.4 is 0 Å². The normalized spacial score (nSPS) is 24.9. The van der Waals surface area contributed by atoms with Crippen molar-refractivity contribution in [2.24, 2.45) is 0 Å². The van der Waals surface area contributed by atoms with Crippen LogP contribution in [0.25, 0.3) is 0 Å². The molecule has 0 radical (unpaired) electrons. The average molecular weight is 339 g/mol. The third-order valence-corrected chi connectivity index (χ3v) is 9.75. The number of hydrogen-bond donors (Lipinski definition) is 0. The van der Waals surface area contributed by atoms with E-state index in [0.29, 0.717) is 12.2 Å². The van der Waals surface area contributed by atoms with Gasteiger partial charge in [0, 0.05) is 23.0 Å². The molecule has 0 aromatic rings. The molecule has 0 N–H and O–H groups in total. The van der Waals surface area contributed by atoms with Crippen molar-refractivity contribution in [3.63, 3.8) is 0 Å². The molecule has 0 aromatic heterocycles.